The number of allylic oxidation sites excluding steroid dienone is 4. The molecule has 2 aliphatic heterocycles. The standard InChI is InChI=1S/C10H7NO2.C6H7N.C4H10N2/c12-10(13)9-6-5-7-3-1-2-4-8(7)11-9;1-2-4-6-7-5-3-1;1-2-6-4-3-5-1/h1-6H,(H,12,13);1-7H;5-6H,1-4H2. The van der Waals surface area contributed by atoms with E-state index in [1.807, 2.05) is 54.9 Å². The number of nitrogens with zero attached hydrogens (tertiary/aromatic N) is 1. The number of hydrogen-bond acceptors (Lipinski definition) is 5. The molecule has 0 spiro atoms. The normalized spacial score (nSPS) is 14.9. The number of rotatable bonds is 1. The molecule has 2 aliphatic rings. The molecular weight excluding hydrogens is 328 g/mol. The second-order valence-corrected chi connectivity index (χ2v) is 5.46. The van der Waals surface area contributed by atoms with E-state index >= 15 is 0 Å². The van der Waals surface area contributed by atoms with Gasteiger partial charge in [0, 0.05) is 44.0 Å². The summed E-state index contributed by atoms with van der Waals surface area (Å²) in [4.78, 5) is 14.6. The summed E-state index contributed by atoms with van der Waals surface area (Å²) >= 11 is 0. The highest BCUT2D eigenvalue weighted by atomic mass is 16.4. The molecule has 0 radical (unpaired) electrons. The molecule has 136 valence electrons. The Bertz CT molecular complexity index is 755. The van der Waals surface area contributed by atoms with Crippen LogP contribution in [0.5, 0.6) is 0 Å². The lowest BCUT2D eigenvalue weighted by molar-refractivity contribution is 0.0691. The van der Waals surface area contributed by atoms with Crippen LogP contribution in [0.25, 0.3) is 10.9 Å². The second kappa shape index (κ2) is 11.6. The molecule has 1 saturated heterocycles. The number of carbonyl (C=O) groups is 1. The van der Waals surface area contributed by atoms with Crippen LogP contribution in [0.15, 0.2) is 73.1 Å². The Balaban J connectivity index is 0.000000157. The number of pyridine rings is 1. The summed E-state index contributed by atoms with van der Waals surface area (Å²) in [6, 6.07) is 10.7. The Hall–Kier alpha value is -2.96. The lowest BCUT2D eigenvalue weighted by Crippen LogP contribution is -2.39. The first-order valence-corrected chi connectivity index (χ1v) is 8.52. The fourth-order valence-corrected chi connectivity index (χ4v) is 2.19. The van der Waals surface area contributed by atoms with Gasteiger partial charge in [-0.2, -0.15) is 0 Å². The minimum Gasteiger partial charge on any atom is -0.477 e. The molecule has 1 fully saturated rings. The van der Waals surface area contributed by atoms with E-state index in [0.29, 0.717) is 5.52 Å². The van der Waals surface area contributed by atoms with Crippen molar-refractivity contribution in [2.45, 2.75) is 0 Å². The van der Waals surface area contributed by atoms with E-state index < -0.39 is 5.97 Å². The number of nitrogens with one attached hydrogen (secondary N) is 3. The lowest BCUT2D eigenvalue weighted by atomic mass is 10.2. The number of piperazine rings is 1. The fraction of sp³-hybridized carbons (Fsp3) is 0.200. The third kappa shape index (κ3) is 7.29. The Kier molecular flexibility index (Phi) is 8.62. The van der Waals surface area contributed by atoms with Crippen LogP contribution in [0.4, 0.5) is 0 Å². The van der Waals surface area contributed by atoms with E-state index in [9.17, 15) is 4.79 Å². The summed E-state index contributed by atoms with van der Waals surface area (Å²) in [6.45, 7) is 4.56. The maximum atomic E-state index is 10.6. The molecule has 0 aliphatic carbocycles. The highest BCUT2D eigenvalue weighted by Crippen LogP contribution is 2.11. The smallest absolute Gasteiger partial charge is 0.354 e. The van der Waals surface area contributed by atoms with Gasteiger partial charge in [-0.3, -0.25) is 0 Å². The van der Waals surface area contributed by atoms with Crippen molar-refractivity contribution in [2.24, 2.45) is 0 Å². The van der Waals surface area contributed by atoms with Gasteiger partial charge in [-0.25, -0.2) is 9.78 Å². The zero-order valence-corrected chi connectivity index (χ0v) is 14.6. The first kappa shape index (κ1) is 19.4. The quantitative estimate of drug-likeness (QED) is 0.630. The van der Waals surface area contributed by atoms with Crippen LogP contribution in [0.1, 0.15) is 10.5 Å². The lowest BCUT2D eigenvalue weighted by Gasteiger charge is -2.11. The topological polar surface area (TPSA) is 86.3 Å². The Labute approximate surface area is 153 Å². The van der Waals surface area contributed by atoms with Crippen molar-refractivity contribution in [2.75, 3.05) is 26.2 Å². The van der Waals surface area contributed by atoms with Crippen molar-refractivity contribution >= 4 is 16.9 Å². The zero-order valence-electron chi connectivity index (χ0n) is 14.6. The van der Waals surface area contributed by atoms with Gasteiger partial charge in [0.05, 0.1) is 5.52 Å². The molecular formula is C20H24N4O2. The van der Waals surface area contributed by atoms with Crippen molar-refractivity contribution in [1.82, 2.24) is 20.9 Å². The third-order valence-electron chi connectivity index (χ3n) is 3.49. The van der Waals surface area contributed by atoms with Gasteiger partial charge in [0.15, 0.2) is 0 Å². The van der Waals surface area contributed by atoms with E-state index in [-0.39, 0.29) is 5.69 Å². The molecule has 0 amide bonds. The maximum Gasteiger partial charge on any atom is 0.354 e. The molecule has 4 rings (SSSR count). The number of aromatic nitrogens is 1. The van der Waals surface area contributed by atoms with E-state index in [2.05, 4.69) is 20.9 Å². The summed E-state index contributed by atoms with van der Waals surface area (Å²) in [5, 5.41) is 19.0. The number of carboxylic acid groups (broad SMARTS) is 1. The molecule has 0 bridgehead atoms. The second-order valence-electron chi connectivity index (χ2n) is 5.46. The third-order valence-corrected chi connectivity index (χ3v) is 3.49. The van der Waals surface area contributed by atoms with Gasteiger partial charge in [0.25, 0.3) is 0 Å². The molecule has 0 atom stereocenters. The molecule has 1 aromatic heterocycles. The van der Waals surface area contributed by atoms with E-state index in [0.717, 1.165) is 31.6 Å². The summed E-state index contributed by atoms with van der Waals surface area (Å²) in [5.41, 5.74) is 0.793. The number of benzene rings is 1. The van der Waals surface area contributed by atoms with Crippen LogP contribution in [0.3, 0.4) is 0 Å². The van der Waals surface area contributed by atoms with Crippen molar-refractivity contribution in [3.63, 3.8) is 0 Å². The Morgan fingerprint density at radius 3 is 2.04 bits per heavy atom. The summed E-state index contributed by atoms with van der Waals surface area (Å²) < 4.78 is 0. The SMILES string of the molecule is C1=CC=CNC=C1.C1CNCCN1.O=C(O)c1ccc2ccccc2n1. The summed E-state index contributed by atoms with van der Waals surface area (Å²) in [5.74, 6) is -0.995. The number of aromatic carboxylic acids is 1. The maximum absolute atomic E-state index is 10.6. The van der Waals surface area contributed by atoms with Gasteiger partial charge in [0.2, 0.25) is 0 Å². The molecule has 4 N–H and O–H groups in total. The monoisotopic (exact) mass is 352 g/mol. The van der Waals surface area contributed by atoms with Gasteiger partial charge in [-0.1, -0.05) is 36.4 Å². The van der Waals surface area contributed by atoms with Crippen LogP contribution in [-0.2, 0) is 0 Å². The fourth-order valence-electron chi connectivity index (χ4n) is 2.19. The first-order chi connectivity index (χ1) is 12.8. The van der Waals surface area contributed by atoms with Gasteiger partial charge < -0.3 is 21.1 Å². The molecule has 1 aromatic carbocycles. The number of carboxylic acids is 1. The first-order valence-electron chi connectivity index (χ1n) is 8.52. The molecule has 2 aromatic rings. The van der Waals surface area contributed by atoms with Crippen molar-refractivity contribution < 1.29 is 9.90 Å². The molecule has 0 unspecified atom stereocenters. The highest BCUT2D eigenvalue weighted by Gasteiger charge is 2.03. The minimum absolute atomic E-state index is 0.0821. The van der Waals surface area contributed by atoms with Crippen molar-refractivity contribution in [3.05, 3.63) is 78.8 Å². The molecule has 26 heavy (non-hydrogen) atoms. The zero-order chi connectivity index (χ0) is 18.5. The minimum atomic E-state index is -0.995. The van der Waals surface area contributed by atoms with E-state index in [1.165, 1.54) is 6.07 Å². The average Bonchev–Trinajstić information content (AvgIpc) is 3.03. The van der Waals surface area contributed by atoms with Gasteiger partial charge in [0.1, 0.15) is 5.69 Å². The number of hydrogen-bond donors (Lipinski definition) is 4. The summed E-state index contributed by atoms with van der Waals surface area (Å²) in [7, 11) is 0. The van der Waals surface area contributed by atoms with Gasteiger partial charge >= 0.3 is 5.97 Å². The Morgan fingerprint density at radius 1 is 0.846 bits per heavy atom. The van der Waals surface area contributed by atoms with Crippen LogP contribution in [0.2, 0.25) is 0 Å². The number of para-hydroxylation sites is 1. The molecule has 6 nitrogen and oxygen atoms in total. The van der Waals surface area contributed by atoms with Crippen LogP contribution in [-0.4, -0.2) is 42.2 Å². The largest absolute Gasteiger partial charge is 0.477 e. The van der Waals surface area contributed by atoms with E-state index in [1.54, 1.807) is 12.1 Å². The molecule has 0 saturated carbocycles. The van der Waals surface area contributed by atoms with Crippen molar-refractivity contribution in [1.29, 1.82) is 0 Å². The average molecular weight is 352 g/mol. The summed E-state index contributed by atoms with van der Waals surface area (Å²) in [6.07, 6.45) is 11.6. The van der Waals surface area contributed by atoms with E-state index in [4.69, 9.17) is 5.11 Å². The van der Waals surface area contributed by atoms with Gasteiger partial charge in [-0.15, -0.1) is 0 Å². The van der Waals surface area contributed by atoms with Crippen LogP contribution >= 0.6 is 0 Å². The predicted molar refractivity (Wildman–Crippen MR) is 105 cm³/mol. The van der Waals surface area contributed by atoms with Crippen LogP contribution in [0, 0.1) is 0 Å². The number of fused-ring (bicyclic) bond motifs is 1. The van der Waals surface area contributed by atoms with Crippen molar-refractivity contribution in [3.8, 4) is 0 Å². The molecule has 3 heterocycles. The predicted octanol–water partition coefficient (Wildman–Crippen LogP) is 2.29. The highest BCUT2D eigenvalue weighted by molar-refractivity contribution is 5.89. The van der Waals surface area contributed by atoms with Gasteiger partial charge in [-0.05, 0) is 24.3 Å². The molecule has 6 heteroatoms. The van der Waals surface area contributed by atoms with Crippen LogP contribution < -0.4 is 16.0 Å². The Morgan fingerprint density at radius 2 is 1.46 bits per heavy atom.